The zero-order chi connectivity index (χ0) is 19.7. The minimum atomic E-state index is -4.28. The van der Waals surface area contributed by atoms with Crippen molar-refractivity contribution in [1.29, 1.82) is 0 Å². The molecule has 152 valence electrons. The van der Waals surface area contributed by atoms with E-state index >= 15 is 0 Å². The Morgan fingerprint density at radius 1 is 1.11 bits per heavy atom. The summed E-state index contributed by atoms with van der Waals surface area (Å²) in [5.41, 5.74) is 0. The fraction of sp³-hybridized carbons (Fsp3) is 0.611. The Bertz CT molecular complexity index is 576. The van der Waals surface area contributed by atoms with E-state index in [-0.39, 0.29) is 18.3 Å². The standard InChI is InChI=1S/C18H24F4N2O2S/c19-15-2-4-16(5-3-15)27-13-6-17(25)24-10-8-23(9-11-24)7-1-12-26-14-18(20,21)22/h2-5H,1,6-14H2. The van der Waals surface area contributed by atoms with Gasteiger partial charge in [0, 0.05) is 56.4 Å². The monoisotopic (exact) mass is 408 g/mol. The molecule has 1 aromatic rings. The molecule has 0 aromatic heterocycles. The maximum atomic E-state index is 12.8. The summed E-state index contributed by atoms with van der Waals surface area (Å²) >= 11 is 1.52. The molecule has 0 aliphatic carbocycles. The molecule has 0 bridgehead atoms. The quantitative estimate of drug-likeness (QED) is 0.356. The molecule has 1 amide bonds. The number of hydrogen-bond donors (Lipinski definition) is 0. The van der Waals surface area contributed by atoms with Crippen molar-refractivity contribution in [2.45, 2.75) is 23.9 Å². The first-order valence-electron chi connectivity index (χ1n) is 8.86. The highest BCUT2D eigenvalue weighted by atomic mass is 32.2. The molecule has 1 saturated heterocycles. The van der Waals surface area contributed by atoms with E-state index in [2.05, 4.69) is 9.64 Å². The Kier molecular flexibility index (Phi) is 8.85. The van der Waals surface area contributed by atoms with E-state index in [0.717, 1.165) is 18.0 Å². The Balaban J connectivity index is 1.55. The molecule has 1 aliphatic rings. The molecule has 0 saturated carbocycles. The lowest BCUT2D eigenvalue weighted by molar-refractivity contribution is -0.174. The number of carbonyl (C=O) groups is 1. The van der Waals surface area contributed by atoms with Gasteiger partial charge in [-0.1, -0.05) is 0 Å². The Morgan fingerprint density at radius 2 is 1.78 bits per heavy atom. The molecule has 0 unspecified atom stereocenters. The molecule has 1 fully saturated rings. The third-order valence-corrected chi connectivity index (χ3v) is 5.17. The number of hydrogen-bond acceptors (Lipinski definition) is 4. The van der Waals surface area contributed by atoms with Crippen LogP contribution < -0.4 is 0 Å². The second-order valence-corrected chi connectivity index (χ2v) is 7.46. The molecule has 9 heteroatoms. The normalized spacial score (nSPS) is 15.9. The van der Waals surface area contributed by atoms with Gasteiger partial charge in [-0.2, -0.15) is 13.2 Å². The van der Waals surface area contributed by atoms with Crippen LogP contribution in [0, 0.1) is 5.82 Å². The molecule has 0 atom stereocenters. The van der Waals surface area contributed by atoms with Crippen molar-refractivity contribution in [3.05, 3.63) is 30.1 Å². The lowest BCUT2D eigenvalue weighted by Gasteiger charge is -2.34. The topological polar surface area (TPSA) is 32.8 Å². The van der Waals surface area contributed by atoms with Crippen LogP contribution in [0.15, 0.2) is 29.2 Å². The Labute approximate surface area is 160 Å². The van der Waals surface area contributed by atoms with Crippen molar-refractivity contribution in [2.24, 2.45) is 0 Å². The molecule has 0 spiro atoms. The van der Waals surface area contributed by atoms with Crippen molar-refractivity contribution in [3.8, 4) is 0 Å². The van der Waals surface area contributed by atoms with Crippen molar-refractivity contribution < 1.29 is 27.1 Å². The number of amides is 1. The van der Waals surface area contributed by atoms with Gasteiger partial charge in [-0.15, -0.1) is 11.8 Å². The van der Waals surface area contributed by atoms with Gasteiger partial charge in [-0.05, 0) is 30.7 Å². The van der Waals surface area contributed by atoms with Gasteiger partial charge in [0.25, 0.3) is 0 Å². The zero-order valence-corrected chi connectivity index (χ0v) is 15.8. The fourth-order valence-electron chi connectivity index (χ4n) is 2.74. The highest BCUT2D eigenvalue weighted by Crippen LogP contribution is 2.19. The molecule has 27 heavy (non-hydrogen) atoms. The molecule has 0 N–H and O–H groups in total. The number of thioether (sulfide) groups is 1. The number of benzene rings is 1. The van der Waals surface area contributed by atoms with E-state index < -0.39 is 12.8 Å². The minimum absolute atomic E-state index is 0.0826. The largest absolute Gasteiger partial charge is 0.411 e. The predicted octanol–water partition coefficient (Wildman–Crippen LogP) is 3.42. The summed E-state index contributed by atoms with van der Waals surface area (Å²) < 4.78 is 53.3. The van der Waals surface area contributed by atoms with Gasteiger partial charge in [0.05, 0.1) is 0 Å². The molecule has 1 heterocycles. The summed E-state index contributed by atoms with van der Waals surface area (Å²) in [7, 11) is 0. The van der Waals surface area contributed by atoms with Gasteiger partial charge in [-0.25, -0.2) is 4.39 Å². The summed E-state index contributed by atoms with van der Waals surface area (Å²) in [6, 6.07) is 6.19. The molecule has 4 nitrogen and oxygen atoms in total. The highest BCUT2D eigenvalue weighted by Gasteiger charge is 2.27. The first-order valence-corrected chi connectivity index (χ1v) is 9.85. The van der Waals surface area contributed by atoms with Crippen molar-refractivity contribution >= 4 is 17.7 Å². The molecule has 0 radical (unpaired) electrons. The van der Waals surface area contributed by atoms with E-state index in [9.17, 15) is 22.4 Å². The van der Waals surface area contributed by atoms with Crippen molar-refractivity contribution in [3.63, 3.8) is 0 Å². The van der Waals surface area contributed by atoms with Gasteiger partial charge in [0.1, 0.15) is 12.4 Å². The summed E-state index contributed by atoms with van der Waals surface area (Å²) in [6.45, 7) is 2.24. The molecular formula is C18H24F4N2O2S. The van der Waals surface area contributed by atoms with E-state index in [1.807, 2.05) is 4.90 Å². The van der Waals surface area contributed by atoms with E-state index in [4.69, 9.17) is 0 Å². The van der Waals surface area contributed by atoms with Crippen LogP contribution in [0.4, 0.5) is 17.6 Å². The fourth-order valence-corrected chi connectivity index (χ4v) is 3.59. The van der Waals surface area contributed by atoms with E-state index in [1.165, 1.54) is 23.9 Å². The molecular weight excluding hydrogens is 384 g/mol. The Hall–Kier alpha value is -1.32. The first-order chi connectivity index (χ1) is 12.8. The summed E-state index contributed by atoms with van der Waals surface area (Å²) in [5, 5.41) is 0. The van der Waals surface area contributed by atoms with Crippen LogP contribution in [-0.4, -0.2) is 73.6 Å². The predicted molar refractivity (Wildman–Crippen MR) is 96.3 cm³/mol. The van der Waals surface area contributed by atoms with Gasteiger partial charge in [0.2, 0.25) is 5.91 Å². The third-order valence-electron chi connectivity index (χ3n) is 4.15. The van der Waals surface area contributed by atoms with Crippen LogP contribution in [0.25, 0.3) is 0 Å². The van der Waals surface area contributed by atoms with Crippen LogP contribution in [-0.2, 0) is 9.53 Å². The van der Waals surface area contributed by atoms with Crippen LogP contribution in [0.3, 0.4) is 0 Å². The number of rotatable bonds is 9. The maximum absolute atomic E-state index is 12.8. The van der Waals surface area contributed by atoms with Crippen LogP contribution in [0.5, 0.6) is 0 Å². The summed E-state index contributed by atoms with van der Waals surface area (Å²) in [4.78, 5) is 17.1. The Morgan fingerprint density at radius 3 is 2.41 bits per heavy atom. The molecule has 2 rings (SSSR count). The lowest BCUT2D eigenvalue weighted by atomic mass is 10.2. The van der Waals surface area contributed by atoms with Crippen LogP contribution in [0.1, 0.15) is 12.8 Å². The first kappa shape index (κ1) is 22.0. The second-order valence-electron chi connectivity index (χ2n) is 6.30. The SMILES string of the molecule is O=C(CCSc1ccc(F)cc1)N1CCN(CCCOCC(F)(F)F)CC1. The van der Waals surface area contributed by atoms with Gasteiger partial charge < -0.3 is 9.64 Å². The number of carbonyl (C=O) groups excluding carboxylic acids is 1. The molecule has 1 aliphatic heterocycles. The molecule has 1 aromatic carbocycles. The van der Waals surface area contributed by atoms with Gasteiger partial charge in [-0.3, -0.25) is 9.69 Å². The number of halogens is 4. The average molecular weight is 408 g/mol. The lowest BCUT2D eigenvalue weighted by Crippen LogP contribution is -2.49. The number of alkyl halides is 3. The highest BCUT2D eigenvalue weighted by molar-refractivity contribution is 7.99. The van der Waals surface area contributed by atoms with E-state index in [1.54, 1.807) is 12.1 Å². The van der Waals surface area contributed by atoms with Crippen molar-refractivity contribution in [2.75, 3.05) is 51.7 Å². The van der Waals surface area contributed by atoms with Crippen LogP contribution in [0.2, 0.25) is 0 Å². The average Bonchev–Trinajstić information content (AvgIpc) is 2.62. The zero-order valence-electron chi connectivity index (χ0n) is 15.0. The van der Waals surface area contributed by atoms with Crippen molar-refractivity contribution in [1.82, 2.24) is 9.80 Å². The van der Waals surface area contributed by atoms with Gasteiger partial charge >= 0.3 is 6.18 Å². The maximum Gasteiger partial charge on any atom is 0.411 e. The second kappa shape index (κ2) is 10.9. The summed E-state index contributed by atoms with van der Waals surface area (Å²) in [6.07, 6.45) is -3.31. The number of ether oxygens (including phenoxy) is 1. The smallest absolute Gasteiger partial charge is 0.372 e. The summed E-state index contributed by atoms with van der Waals surface area (Å²) in [5.74, 6) is 0.458. The number of piperazine rings is 1. The minimum Gasteiger partial charge on any atom is -0.372 e. The number of nitrogens with zero attached hydrogens (tertiary/aromatic N) is 2. The van der Waals surface area contributed by atoms with Crippen LogP contribution >= 0.6 is 11.8 Å². The van der Waals surface area contributed by atoms with Gasteiger partial charge in [0.15, 0.2) is 0 Å². The van der Waals surface area contributed by atoms with E-state index in [0.29, 0.717) is 38.2 Å². The third kappa shape index (κ3) is 8.94.